The van der Waals surface area contributed by atoms with E-state index in [4.69, 9.17) is 0 Å². The molecule has 2 aromatic carbocycles. The lowest BCUT2D eigenvalue weighted by molar-refractivity contribution is -0.121. The summed E-state index contributed by atoms with van der Waals surface area (Å²) in [4.78, 5) is 26.7. The minimum absolute atomic E-state index is 0.0261. The molecule has 1 heterocycles. The van der Waals surface area contributed by atoms with E-state index in [1.807, 2.05) is 37.3 Å². The molecule has 1 aliphatic rings. The van der Waals surface area contributed by atoms with Crippen LogP contribution in [0.15, 0.2) is 59.1 Å². The fourth-order valence-electron chi connectivity index (χ4n) is 3.46. The van der Waals surface area contributed by atoms with Gasteiger partial charge < -0.3 is 15.5 Å². The number of anilines is 1. The second-order valence-electron chi connectivity index (χ2n) is 7.33. The number of benzene rings is 2. The van der Waals surface area contributed by atoms with Gasteiger partial charge in [0.2, 0.25) is 5.91 Å². The van der Waals surface area contributed by atoms with Gasteiger partial charge in [-0.2, -0.15) is 0 Å². The first-order chi connectivity index (χ1) is 13.5. The standard InChI is InChI=1S/C22H26BrN3O2/c1-16(25-22(28)18-6-3-2-4-7-18)12-21(27)24-14-17-10-11-26(15-17)20-9-5-8-19(23)13-20/h2-9,13,16-17H,10-12,14-15H2,1H3,(H,24,27)(H,25,28). The number of nitrogens with one attached hydrogen (secondary N) is 2. The van der Waals surface area contributed by atoms with Gasteiger partial charge in [-0.25, -0.2) is 0 Å². The molecule has 3 rings (SSSR count). The van der Waals surface area contributed by atoms with E-state index >= 15 is 0 Å². The molecule has 0 saturated carbocycles. The summed E-state index contributed by atoms with van der Waals surface area (Å²) in [5.74, 6) is 0.264. The van der Waals surface area contributed by atoms with Crippen molar-refractivity contribution in [3.63, 3.8) is 0 Å². The SMILES string of the molecule is CC(CC(=O)NCC1CCN(c2cccc(Br)c2)C1)NC(=O)c1ccccc1. The van der Waals surface area contributed by atoms with E-state index in [2.05, 4.69) is 43.6 Å². The van der Waals surface area contributed by atoms with Crippen molar-refractivity contribution in [2.45, 2.75) is 25.8 Å². The Kier molecular flexibility index (Phi) is 7.09. The van der Waals surface area contributed by atoms with E-state index in [9.17, 15) is 9.59 Å². The molecule has 148 valence electrons. The molecular weight excluding hydrogens is 418 g/mol. The molecule has 5 nitrogen and oxygen atoms in total. The Bertz CT molecular complexity index is 812. The molecule has 1 saturated heterocycles. The first kappa shape index (κ1) is 20.4. The maximum atomic E-state index is 12.2. The number of halogens is 1. The number of rotatable bonds is 7. The van der Waals surface area contributed by atoms with Gasteiger partial charge in [0.25, 0.3) is 5.91 Å². The topological polar surface area (TPSA) is 61.4 Å². The summed E-state index contributed by atoms with van der Waals surface area (Å²) >= 11 is 3.52. The predicted octanol–water partition coefficient (Wildman–Crippen LogP) is 3.60. The first-order valence-electron chi connectivity index (χ1n) is 9.64. The number of carbonyl (C=O) groups is 2. The third-order valence-electron chi connectivity index (χ3n) is 4.95. The van der Waals surface area contributed by atoms with Crippen molar-refractivity contribution in [1.29, 1.82) is 0 Å². The van der Waals surface area contributed by atoms with E-state index in [1.165, 1.54) is 5.69 Å². The Hall–Kier alpha value is -2.34. The van der Waals surface area contributed by atoms with Crippen LogP contribution in [0.2, 0.25) is 0 Å². The highest BCUT2D eigenvalue weighted by molar-refractivity contribution is 9.10. The van der Waals surface area contributed by atoms with Gasteiger partial charge in [-0.3, -0.25) is 9.59 Å². The van der Waals surface area contributed by atoms with Crippen molar-refractivity contribution in [3.05, 3.63) is 64.6 Å². The molecule has 2 aromatic rings. The second kappa shape index (κ2) is 9.73. The number of nitrogens with zero attached hydrogens (tertiary/aromatic N) is 1. The number of hydrogen-bond acceptors (Lipinski definition) is 3. The highest BCUT2D eigenvalue weighted by atomic mass is 79.9. The number of amides is 2. The molecule has 2 N–H and O–H groups in total. The summed E-state index contributed by atoms with van der Waals surface area (Å²) in [6, 6.07) is 17.1. The Morgan fingerprint density at radius 1 is 1.18 bits per heavy atom. The Morgan fingerprint density at radius 2 is 1.96 bits per heavy atom. The summed E-state index contributed by atoms with van der Waals surface area (Å²) < 4.78 is 1.08. The average Bonchev–Trinajstić information content (AvgIpc) is 3.16. The summed E-state index contributed by atoms with van der Waals surface area (Å²) in [6.45, 7) is 4.46. The van der Waals surface area contributed by atoms with Crippen LogP contribution in [-0.4, -0.2) is 37.5 Å². The highest BCUT2D eigenvalue weighted by Gasteiger charge is 2.23. The van der Waals surface area contributed by atoms with E-state index in [0.717, 1.165) is 24.0 Å². The molecule has 1 aliphatic heterocycles. The van der Waals surface area contributed by atoms with Crippen LogP contribution in [-0.2, 0) is 4.79 Å². The van der Waals surface area contributed by atoms with E-state index < -0.39 is 0 Å². The summed E-state index contributed by atoms with van der Waals surface area (Å²) in [5, 5.41) is 5.90. The van der Waals surface area contributed by atoms with Crippen molar-refractivity contribution in [2.24, 2.45) is 5.92 Å². The summed E-state index contributed by atoms with van der Waals surface area (Å²) in [7, 11) is 0. The molecule has 28 heavy (non-hydrogen) atoms. The lowest BCUT2D eigenvalue weighted by atomic mass is 10.1. The minimum atomic E-state index is -0.213. The molecule has 0 bridgehead atoms. The van der Waals surface area contributed by atoms with E-state index in [0.29, 0.717) is 18.0 Å². The third kappa shape index (κ3) is 5.83. The van der Waals surface area contributed by atoms with Gasteiger partial charge in [0.1, 0.15) is 0 Å². The molecule has 6 heteroatoms. The zero-order valence-electron chi connectivity index (χ0n) is 16.0. The molecule has 0 spiro atoms. The van der Waals surface area contributed by atoms with Crippen molar-refractivity contribution in [3.8, 4) is 0 Å². The van der Waals surface area contributed by atoms with Gasteiger partial charge >= 0.3 is 0 Å². The smallest absolute Gasteiger partial charge is 0.251 e. The van der Waals surface area contributed by atoms with Crippen molar-refractivity contribution in [1.82, 2.24) is 10.6 Å². The fraction of sp³-hybridized carbons (Fsp3) is 0.364. The monoisotopic (exact) mass is 443 g/mol. The normalized spacial score (nSPS) is 17.2. The number of hydrogen-bond donors (Lipinski definition) is 2. The van der Waals surface area contributed by atoms with Crippen LogP contribution in [0.5, 0.6) is 0 Å². The molecular formula is C22H26BrN3O2. The quantitative estimate of drug-likeness (QED) is 0.686. The summed E-state index contributed by atoms with van der Waals surface area (Å²) in [5.41, 5.74) is 1.81. The van der Waals surface area contributed by atoms with Gasteiger partial charge in [0.05, 0.1) is 0 Å². The Morgan fingerprint density at radius 3 is 2.71 bits per heavy atom. The maximum absolute atomic E-state index is 12.2. The van der Waals surface area contributed by atoms with Crippen molar-refractivity contribution < 1.29 is 9.59 Å². The Balaban J connectivity index is 1.39. The van der Waals surface area contributed by atoms with Crippen LogP contribution in [0, 0.1) is 5.92 Å². The molecule has 2 unspecified atom stereocenters. The second-order valence-corrected chi connectivity index (χ2v) is 8.24. The highest BCUT2D eigenvalue weighted by Crippen LogP contribution is 2.25. The van der Waals surface area contributed by atoms with Crippen LogP contribution in [0.25, 0.3) is 0 Å². The van der Waals surface area contributed by atoms with Gasteiger partial charge in [0.15, 0.2) is 0 Å². The zero-order chi connectivity index (χ0) is 19.9. The molecule has 1 fully saturated rings. The molecule has 2 amide bonds. The summed E-state index contributed by atoms with van der Waals surface area (Å²) in [6.07, 6.45) is 1.34. The van der Waals surface area contributed by atoms with Gasteiger partial charge in [0, 0.05) is 47.8 Å². The van der Waals surface area contributed by atoms with Crippen LogP contribution >= 0.6 is 15.9 Å². The van der Waals surface area contributed by atoms with Gasteiger partial charge in [-0.15, -0.1) is 0 Å². The first-order valence-corrected chi connectivity index (χ1v) is 10.4. The van der Waals surface area contributed by atoms with Crippen LogP contribution < -0.4 is 15.5 Å². The predicted molar refractivity (Wildman–Crippen MR) is 115 cm³/mol. The molecule has 2 atom stereocenters. The number of carbonyl (C=O) groups excluding carboxylic acids is 2. The van der Waals surface area contributed by atoms with Gasteiger partial charge in [-0.1, -0.05) is 40.2 Å². The fourth-order valence-corrected chi connectivity index (χ4v) is 3.85. The molecule has 0 radical (unpaired) electrons. The van der Waals surface area contributed by atoms with Crippen LogP contribution in [0.4, 0.5) is 5.69 Å². The lowest BCUT2D eigenvalue weighted by Gasteiger charge is -2.19. The molecule has 0 aromatic heterocycles. The zero-order valence-corrected chi connectivity index (χ0v) is 17.6. The Labute approximate surface area is 174 Å². The minimum Gasteiger partial charge on any atom is -0.371 e. The van der Waals surface area contributed by atoms with Crippen LogP contribution in [0.3, 0.4) is 0 Å². The van der Waals surface area contributed by atoms with E-state index in [-0.39, 0.29) is 24.3 Å². The van der Waals surface area contributed by atoms with Crippen LogP contribution in [0.1, 0.15) is 30.1 Å². The largest absolute Gasteiger partial charge is 0.371 e. The maximum Gasteiger partial charge on any atom is 0.251 e. The van der Waals surface area contributed by atoms with Gasteiger partial charge in [-0.05, 0) is 49.6 Å². The van der Waals surface area contributed by atoms with Crippen molar-refractivity contribution in [2.75, 3.05) is 24.5 Å². The lowest BCUT2D eigenvalue weighted by Crippen LogP contribution is -2.38. The molecule has 0 aliphatic carbocycles. The van der Waals surface area contributed by atoms with Crippen molar-refractivity contribution >= 4 is 33.4 Å². The average molecular weight is 444 g/mol. The third-order valence-corrected chi connectivity index (χ3v) is 5.45. The van der Waals surface area contributed by atoms with E-state index in [1.54, 1.807) is 12.1 Å².